The fraction of sp³-hybridized carbons (Fsp3) is 0.500. The summed E-state index contributed by atoms with van der Waals surface area (Å²) in [6.07, 6.45) is -3.74. The van der Waals surface area contributed by atoms with Crippen LogP contribution in [0, 0.1) is 6.92 Å². The number of rotatable bonds is 6. The van der Waals surface area contributed by atoms with Gasteiger partial charge < -0.3 is 9.30 Å². The van der Waals surface area contributed by atoms with Crippen molar-refractivity contribution in [3.8, 4) is 0 Å². The molecule has 0 unspecified atom stereocenters. The van der Waals surface area contributed by atoms with Crippen molar-refractivity contribution < 1.29 is 17.9 Å². The highest BCUT2D eigenvalue weighted by atomic mass is 35.5. The number of hydrogen-bond acceptors (Lipinski definition) is 2. The highest BCUT2D eigenvalue weighted by Crippen LogP contribution is 2.21. The Hall–Kier alpha value is -1.27. The Kier molecular flexibility index (Phi) is 5.11. The Balaban J connectivity index is 2.18. The molecule has 2 aromatic rings. The van der Waals surface area contributed by atoms with E-state index in [1.807, 2.05) is 29.7 Å². The van der Waals surface area contributed by atoms with Crippen molar-refractivity contribution in [3.05, 3.63) is 29.6 Å². The smallest absolute Gasteiger partial charge is 0.370 e. The van der Waals surface area contributed by atoms with Gasteiger partial charge in [-0.1, -0.05) is 12.1 Å². The number of alkyl halides is 4. The predicted octanol–water partition coefficient (Wildman–Crippen LogP) is 3.70. The van der Waals surface area contributed by atoms with Crippen LogP contribution in [0.25, 0.3) is 11.0 Å². The van der Waals surface area contributed by atoms with Gasteiger partial charge in [-0.15, -0.1) is 11.6 Å². The predicted molar refractivity (Wildman–Crippen MR) is 75.8 cm³/mol. The van der Waals surface area contributed by atoms with E-state index in [2.05, 4.69) is 9.72 Å². The van der Waals surface area contributed by atoms with Crippen LogP contribution in [0.1, 0.15) is 11.4 Å². The molecule has 0 spiro atoms. The van der Waals surface area contributed by atoms with Crippen LogP contribution in [0.4, 0.5) is 13.2 Å². The van der Waals surface area contributed by atoms with Crippen molar-refractivity contribution in [2.45, 2.75) is 26.1 Å². The van der Waals surface area contributed by atoms with Crippen LogP contribution in [-0.2, 0) is 17.7 Å². The van der Waals surface area contributed by atoms with Gasteiger partial charge in [0.15, 0.2) is 0 Å². The first-order valence-corrected chi connectivity index (χ1v) is 7.11. The average Bonchev–Trinajstić information content (AvgIpc) is 2.73. The van der Waals surface area contributed by atoms with Crippen molar-refractivity contribution in [1.82, 2.24) is 9.55 Å². The molecule has 0 N–H and O–H groups in total. The van der Waals surface area contributed by atoms with Gasteiger partial charge in [-0.05, 0) is 18.6 Å². The van der Waals surface area contributed by atoms with E-state index in [-0.39, 0.29) is 6.61 Å². The lowest BCUT2D eigenvalue weighted by Crippen LogP contribution is -2.19. The number of ether oxygens (including phenoxy) is 1. The molecule has 3 nitrogen and oxygen atoms in total. The standard InChI is InChI=1S/C14H16ClF3N2O/c1-10-3-2-4-11-13(10)20(12(19-11)5-6-15)7-8-21-9-14(16,17)18/h2-4H,5-9H2,1H3. The minimum Gasteiger partial charge on any atom is -0.370 e. The summed E-state index contributed by atoms with van der Waals surface area (Å²) in [7, 11) is 0. The highest BCUT2D eigenvalue weighted by molar-refractivity contribution is 6.17. The van der Waals surface area contributed by atoms with Crippen LogP contribution in [0.2, 0.25) is 0 Å². The Labute approximate surface area is 125 Å². The molecule has 0 saturated carbocycles. The molecule has 2 rings (SSSR count). The van der Waals surface area contributed by atoms with Crippen molar-refractivity contribution in [1.29, 1.82) is 0 Å². The third-order valence-electron chi connectivity index (χ3n) is 3.09. The molecule has 0 aliphatic heterocycles. The number of fused-ring (bicyclic) bond motifs is 1. The van der Waals surface area contributed by atoms with E-state index in [1.165, 1.54) is 0 Å². The molecule has 0 atom stereocenters. The van der Waals surface area contributed by atoms with E-state index in [0.717, 1.165) is 22.4 Å². The van der Waals surface area contributed by atoms with Crippen LogP contribution >= 0.6 is 11.6 Å². The number of para-hydroxylation sites is 1. The first-order valence-electron chi connectivity index (χ1n) is 6.57. The second-order valence-electron chi connectivity index (χ2n) is 4.73. The van der Waals surface area contributed by atoms with Gasteiger partial charge in [0, 0.05) is 18.8 Å². The summed E-state index contributed by atoms with van der Waals surface area (Å²) >= 11 is 5.76. The van der Waals surface area contributed by atoms with Crippen LogP contribution < -0.4 is 0 Å². The number of aryl methyl sites for hydroxylation is 2. The number of nitrogens with zero attached hydrogens (tertiary/aromatic N) is 2. The van der Waals surface area contributed by atoms with Crippen molar-refractivity contribution in [2.24, 2.45) is 0 Å². The van der Waals surface area contributed by atoms with Gasteiger partial charge in [-0.2, -0.15) is 13.2 Å². The summed E-state index contributed by atoms with van der Waals surface area (Å²) in [4.78, 5) is 4.49. The molecule has 0 aliphatic carbocycles. The Bertz CT molecular complexity index is 610. The second-order valence-corrected chi connectivity index (χ2v) is 5.11. The molecular weight excluding hydrogens is 305 g/mol. The first-order chi connectivity index (χ1) is 9.92. The summed E-state index contributed by atoms with van der Waals surface area (Å²) in [6.45, 7) is 1.02. The number of imidazole rings is 1. The molecule has 7 heteroatoms. The summed E-state index contributed by atoms with van der Waals surface area (Å²) in [5, 5.41) is 0. The van der Waals surface area contributed by atoms with Gasteiger partial charge in [0.2, 0.25) is 0 Å². The molecule has 1 heterocycles. The van der Waals surface area contributed by atoms with Gasteiger partial charge in [0.1, 0.15) is 12.4 Å². The lowest BCUT2D eigenvalue weighted by molar-refractivity contribution is -0.174. The van der Waals surface area contributed by atoms with E-state index < -0.39 is 12.8 Å². The first kappa shape index (κ1) is 16.1. The third kappa shape index (κ3) is 4.11. The minimum atomic E-state index is -4.30. The maximum atomic E-state index is 12.1. The Morgan fingerprint density at radius 3 is 2.76 bits per heavy atom. The maximum Gasteiger partial charge on any atom is 0.411 e. The molecule has 21 heavy (non-hydrogen) atoms. The van der Waals surface area contributed by atoms with Gasteiger partial charge in [0.05, 0.1) is 17.6 Å². The van der Waals surface area contributed by atoms with E-state index >= 15 is 0 Å². The number of halogens is 4. The van der Waals surface area contributed by atoms with Crippen molar-refractivity contribution in [3.63, 3.8) is 0 Å². The highest BCUT2D eigenvalue weighted by Gasteiger charge is 2.27. The maximum absolute atomic E-state index is 12.1. The molecule has 0 aliphatic rings. The zero-order valence-electron chi connectivity index (χ0n) is 11.6. The Morgan fingerprint density at radius 1 is 1.33 bits per heavy atom. The number of hydrogen-bond donors (Lipinski definition) is 0. The molecule has 1 aromatic heterocycles. The van der Waals surface area contributed by atoms with Gasteiger partial charge in [0.25, 0.3) is 0 Å². The monoisotopic (exact) mass is 320 g/mol. The number of aromatic nitrogens is 2. The summed E-state index contributed by atoms with van der Waals surface area (Å²) in [6, 6.07) is 5.73. The van der Waals surface area contributed by atoms with E-state index in [4.69, 9.17) is 11.6 Å². The zero-order chi connectivity index (χ0) is 15.5. The topological polar surface area (TPSA) is 27.1 Å². The minimum absolute atomic E-state index is 0.0193. The molecule has 1 aromatic carbocycles. The lowest BCUT2D eigenvalue weighted by Gasteiger charge is -2.11. The molecular formula is C14H16ClF3N2O. The van der Waals surface area contributed by atoms with Gasteiger partial charge >= 0.3 is 6.18 Å². The zero-order valence-corrected chi connectivity index (χ0v) is 12.3. The normalized spacial score (nSPS) is 12.2. The van der Waals surface area contributed by atoms with E-state index in [0.29, 0.717) is 18.8 Å². The van der Waals surface area contributed by atoms with Crippen LogP contribution in [0.3, 0.4) is 0 Å². The van der Waals surface area contributed by atoms with Crippen molar-refractivity contribution in [2.75, 3.05) is 19.1 Å². The second kappa shape index (κ2) is 6.66. The molecule has 0 saturated heterocycles. The lowest BCUT2D eigenvalue weighted by atomic mass is 10.2. The fourth-order valence-corrected chi connectivity index (χ4v) is 2.44. The fourth-order valence-electron chi connectivity index (χ4n) is 2.27. The van der Waals surface area contributed by atoms with Crippen LogP contribution in [-0.4, -0.2) is 34.8 Å². The largest absolute Gasteiger partial charge is 0.411 e. The van der Waals surface area contributed by atoms with Gasteiger partial charge in [-0.3, -0.25) is 0 Å². The number of benzene rings is 1. The SMILES string of the molecule is Cc1cccc2nc(CCCl)n(CCOCC(F)(F)F)c12. The quantitative estimate of drug-likeness (QED) is 0.599. The van der Waals surface area contributed by atoms with Crippen molar-refractivity contribution >= 4 is 22.6 Å². The van der Waals surface area contributed by atoms with Gasteiger partial charge in [-0.25, -0.2) is 4.98 Å². The summed E-state index contributed by atoms with van der Waals surface area (Å²) in [5.41, 5.74) is 2.77. The summed E-state index contributed by atoms with van der Waals surface area (Å²) in [5.74, 6) is 1.18. The molecule has 0 bridgehead atoms. The molecule has 0 amide bonds. The Morgan fingerprint density at radius 2 is 2.10 bits per heavy atom. The average molecular weight is 321 g/mol. The van der Waals surface area contributed by atoms with Crippen LogP contribution in [0.15, 0.2) is 18.2 Å². The molecule has 116 valence electrons. The molecule has 0 radical (unpaired) electrons. The van der Waals surface area contributed by atoms with E-state index in [1.54, 1.807) is 0 Å². The molecule has 0 fully saturated rings. The summed E-state index contributed by atoms with van der Waals surface area (Å²) < 4.78 is 42.8. The third-order valence-corrected chi connectivity index (χ3v) is 3.28. The van der Waals surface area contributed by atoms with Crippen LogP contribution in [0.5, 0.6) is 0 Å². The van der Waals surface area contributed by atoms with E-state index in [9.17, 15) is 13.2 Å².